The molecule has 2 N–H and O–H groups in total. The molecular formula is C23H29N7O2. The lowest BCUT2D eigenvalue weighted by Gasteiger charge is -2.36. The molecule has 0 aliphatic carbocycles. The van der Waals surface area contributed by atoms with Crippen molar-refractivity contribution in [2.45, 2.75) is 39.9 Å². The van der Waals surface area contributed by atoms with Crippen LogP contribution < -0.4 is 20.3 Å². The number of methoxy groups -OCH3 is 1. The second-order valence-corrected chi connectivity index (χ2v) is 8.37. The first-order valence-corrected chi connectivity index (χ1v) is 10.7. The number of anilines is 3. The van der Waals surface area contributed by atoms with Gasteiger partial charge in [0.15, 0.2) is 5.82 Å². The van der Waals surface area contributed by atoms with Crippen LogP contribution in [-0.2, 0) is 17.9 Å². The van der Waals surface area contributed by atoms with E-state index in [4.69, 9.17) is 4.74 Å². The third kappa shape index (κ3) is 4.37. The van der Waals surface area contributed by atoms with Gasteiger partial charge in [-0.3, -0.25) is 9.48 Å². The minimum atomic E-state index is -0.263. The molecule has 1 amide bonds. The second kappa shape index (κ2) is 8.86. The molecule has 0 saturated heterocycles. The van der Waals surface area contributed by atoms with Gasteiger partial charge in [-0.25, -0.2) is 4.98 Å². The smallest absolute Gasteiger partial charge is 0.247 e. The number of nitrogens with zero attached hydrogens (tertiary/aromatic N) is 5. The quantitative estimate of drug-likeness (QED) is 0.589. The number of carbonyl (C=O) groups excluding carboxylic acids is 1. The Bertz CT molecular complexity index is 1110. The lowest BCUT2D eigenvalue weighted by Crippen LogP contribution is -2.49. The molecule has 4 rings (SSSR count). The summed E-state index contributed by atoms with van der Waals surface area (Å²) < 4.78 is 7.10. The fourth-order valence-electron chi connectivity index (χ4n) is 3.98. The van der Waals surface area contributed by atoms with Crippen LogP contribution in [-0.4, -0.2) is 45.9 Å². The molecule has 0 saturated carbocycles. The molecule has 9 nitrogen and oxygen atoms in total. The molecule has 0 fully saturated rings. The van der Waals surface area contributed by atoms with Crippen LogP contribution in [0.5, 0.6) is 5.75 Å². The van der Waals surface area contributed by atoms with E-state index in [9.17, 15) is 4.79 Å². The Morgan fingerprint density at radius 2 is 1.94 bits per heavy atom. The maximum absolute atomic E-state index is 12.5. The Morgan fingerprint density at radius 1 is 1.19 bits per heavy atom. The molecule has 0 radical (unpaired) electrons. The van der Waals surface area contributed by atoms with E-state index in [0.29, 0.717) is 24.7 Å². The number of nitrogens with one attached hydrogen (secondary N) is 2. The van der Waals surface area contributed by atoms with Crippen LogP contribution >= 0.6 is 0 Å². The molecule has 32 heavy (non-hydrogen) atoms. The highest BCUT2D eigenvalue weighted by Gasteiger charge is 2.35. The van der Waals surface area contributed by atoms with Gasteiger partial charge in [-0.15, -0.1) is 0 Å². The fraction of sp³-hybridized carbons (Fsp3) is 0.391. The Balaban J connectivity index is 1.44. The molecule has 9 heteroatoms. The van der Waals surface area contributed by atoms with E-state index < -0.39 is 0 Å². The molecule has 3 heterocycles. The third-order valence-corrected chi connectivity index (χ3v) is 5.61. The summed E-state index contributed by atoms with van der Waals surface area (Å²) in [7, 11) is 3.56. The molecule has 1 aliphatic heterocycles. The monoisotopic (exact) mass is 435 g/mol. The number of likely N-dealkylation sites (N-methyl/N-ethyl adjacent to an activating group) is 1. The van der Waals surface area contributed by atoms with Crippen LogP contribution in [0.1, 0.15) is 30.7 Å². The molecular weight excluding hydrogens is 406 g/mol. The van der Waals surface area contributed by atoms with Crippen molar-refractivity contribution in [1.29, 1.82) is 0 Å². The van der Waals surface area contributed by atoms with E-state index in [2.05, 4.69) is 25.7 Å². The minimum Gasteiger partial charge on any atom is -0.497 e. The SMILES string of the molecule is COc1ccc(Cn2cc(CNc3nc(C)c4c(n3)N(C)[C@@H](C(C)C)C(=O)N4)cn2)cc1. The number of aryl methyl sites for hydroxylation is 1. The first kappa shape index (κ1) is 21.6. The number of aromatic nitrogens is 4. The van der Waals surface area contributed by atoms with Gasteiger partial charge in [0.2, 0.25) is 11.9 Å². The minimum absolute atomic E-state index is 0.0216. The normalized spacial score (nSPS) is 15.5. The van der Waals surface area contributed by atoms with Crippen molar-refractivity contribution in [2.75, 3.05) is 29.7 Å². The fourth-order valence-corrected chi connectivity index (χ4v) is 3.98. The van der Waals surface area contributed by atoms with Crippen LogP contribution in [0.15, 0.2) is 36.7 Å². The first-order chi connectivity index (χ1) is 15.4. The molecule has 2 aromatic heterocycles. The highest BCUT2D eigenvalue weighted by atomic mass is 16.5. The van der Waals surface area contributed by atoms with E-state index in [1.807, 2.05) is 74.1 Å². The zero-order chi connectivity index (χ0) is 22.8. The van der Waals surface area contributed by atoms with Gasteiger partial charge in [0, 0.05) is 25.4 Å². The summed E-state index contributed by atoms with van der Waals surface area (Å²) in [6.07, 6.45) is 3.84. The van der Waals surface area contributed by atoms with E-state index in [0.717, 1.165) is 28.4 Å². The number of rotatable bonds is 7. The van der Waals surface area contributed by atoms with Crippen molar-refractivity contribution in [3.63, 3.8) is 0 Å². The molecule has 168 valence electrons. The van der Waals surface area contributed by atoms with E-state index in [1.54, 1.807) is 7.11 Å². The van der Waals surface area contributed by atoms with Crippen molar-refractivity contribution < 1.29 is 9.53 Å². The van der Waals surface area contributed by atoms with Crippen molar-refractivity contribution in [2.24, 2.45) is 5.92 Å². The Morgan fingerprint density at radius 3 is 2.62 bits per heavy atom. The van der Waals surface area contributed by atoms with Gasteiger partial charge in [-0.1, -0.05) is 26.0 Å². The number of amides is 1. The van der Waals surface area contributed by atoms with Gasteiger partial charge < -0.3 is 20.3 Å². The third-order valence-electron chi connectivity index (χ3n) is 5.61. The lowest BCUT2D eigenvalue weighted by atomic mass is 9.99. The number of hydrogen-bond donors (Lipinski definition) is 2. The summed E-state index contributed by atoms with van der Waals surface area (Å²) in [5.74, 6) is 2.23. The number of hydrogen-bond acceptors (Lipinski definition) is 7. The lowest BCUT2D eigenvalue weighted by molar-refractivity contribution is -0.118. The van der Waals surface area contributed by atoms with Gasteiger partial charge in [-0.2, -0.15) is 10.1 Å². The van der Waals surface area contributed by atoms with Gasteiger partial charge in [-0.05, 0) is 30.5 Å². The van der Waals surface area contributed by atoms with Crippen molar-refractivity contribution in [3.8, 4) is 5.75 Å². The van der Waals surface area contributed by atoms with Crippen LogP contribution in [0.4, 0.5) is 17.5 Å². The van der Waals surface area contributed by atoms with Crippen LogP contribution in [0.25, 0.3) is 0 Å². The highest BCUT2D eigenvalue weighted by Crippen LogP contribution is 2.34. The second-order valence-electron chi connectivity index (χ2n) is 8.37. The Kier molecular flexibility index (Phi) is 5.98. The highest BCUT2D eigenvalue weighted by molar-refractivity contribution is 6.03. The summed E-state index contributed by atoms with van der Waals surface area (Å²) in [4.78, 5) is 23.6. The molecule has 1 atom stereocenters. The van der Waals surface area contributed by atoms with E-state index in [-0.39, 0.29) is 17.9 Å². The van der Waals surface area contributed by atoms with Crippen molar-refractivity contribution in [1.82, 2.24) is 19.7 Å². The standard InChI is InChI=1S/C23H29N7O2/c1-14(2)20-22(31)27-19-15(3)26-23(28-21(19)29(20)4)24-10-17-11-25-30(13-17)12-16-6-8-18(32-5)9-7-16/h6-9,11,13-14,20H,10,12H2,1-5H3,(H,27,31)(H,24,26,28)/t20-/m0/s1. The van der Waals surface area contributed by atoms with Gasteiger partial charge in [0.1, 0.15) is 17.5 Å². The zero-order valence-electron chi connectivity index (χ0n) is 19.1. The Labute approximate surface area is 187 Å². The maximum atomic E-state index is 12.5. The van der Waals surface area contributed by atoms with Crippen LogP contribution in [0.2, 0.25) is 0 Å². The number of carbonyl (C=O) groups is 1. The molecule has 0 unspecified atom stereocenters. The van der Waals surface area contributed by atoms with E-state index >= 15 is 0 Å². The average molecular weight is 436 g/mol. The molecule has 0 bridgehead atoms. The van der Waals surface area contributed by atoms with Crippen molar-refractivity contribution >= 4 is 23.4 Å². The molecule has 1 aromatic carbocycles. The topological polar surface area (TPSA) is 97.2 Å². The van der Waals surface area contributed by atoms with Crippen molar-refractivity contribution in [3.05, 3.63) is 53.5 Å². The van der Waals surface area contributed by atoms with Gasteiger partial charge in [0.05, 0.1) is 25.5 Å². The molecule has 3 aromatic rings. The van der Waals surface area contributed by atoms with Crippen LogP contribution in [0, 0.1) is 12.8 Å². The summed E-state index contributed by atoms with van der Waals surface area (Å²) in [5.41, 5.74) is 3.58. The number of ether oxygens (including phenoxy) is 1. The molecule has 1 aliphatic rings. The van der Waals surface area contributed by atoms with Crippen LogP contribution in [0.3, 0.4) is 0 Å². The predicted molar refractivity (Wildman–Crippen MR) is 124 cm³/mol. The largest absolute Gasteiger partial charge is 0.497 e. The zero-order valence-corrected chi connectivity index (χ0v) is 19.1. The summed E-state index contributed by atoms with van der Waals surface area (Å²) in [6, 6.07) is 7.69. The summed E-state index contributed by atoms with van der Waals surface area (Å²) in [6.45, 7) is 7.16. The average Bonchev–Trinajstić information content (AvgIpc) is 3.21. The first-order valence-electron chi connectivity index (χ1n) is 10.7. The number of benzene rings is 1. The van der Waals surface area contributed by atoms with Gasteiger partial charge in [0.25, 0.3) is 0 Å². The van der Waals surface area contributed by atoms with Gasteiger partial charge >= 0.3 is 0 Å². The molecule has 0 spiro atoms. The Hall–Kier alpha value is -3.62. The summed E-state index contributed by atoms with van der Waals surface area (Å²) >= 11 is 0. The number of fused-ring (bicyclic) bond motifs is 1. The van der Waals surface area contributed by atoms with E-state index in [1.165, 1.54) is 0 Å². The predicted octanol–water partition coefficient (Wildman–Crippen LogP) is 3.06. The maximum Gasteiger partial charge on any atom is 0.247 e. The summed E-state index contributed by atoms with van der Waals surface area (Å²) in [5, 5.41) is 10.7.